The zero-order chi connectivity index (χ0) is 16.2. The maximum absolute atomic E-state index is 4.52. The normalized spacial score (nSPS) is 12.5. The topological polar surface area (TPSA) is 37.8 Å². The van der Waals surface area contributed by atoms with Gasteiger partial charge in [0, 0.05) is 29.7 Å². The predicted molar refractivity (Wildman–Crippen MR) is 101 cm³/mol. The highest BCUT2D eigenvalue weighted by atomic mass is 32.1. The number of hydrogen-bond acceptors (Lipinski definition) is 5. The van der Waals surface area contributed by atoms with Crippen LogP contribution in [0.1, 0.15) is 22.2 Å². The first-order valence-corrected chi connectivity index (χ1v) is 9.69. The summed E-state index contributed by atoms with van der Waals surface area (Å²) < 4.78 is 0. The van der Waals surface area contributed by atoms with Crippen LogP contribution in [0.5, 0.6) is 0 Å². The second-order valence-corrected chi connectivity index (χ2v) is 7.33. The van der Waals surface area contributed by atoms with Crippen LogP contribution in [-0.2, 0) is 13.0 Å². The number of fused-ring (bicyclic) bond motifs is 1. The van der Waals surface area contributed by atoms with Crippen LogP contribution in [0.4, 0.5) is 0 Å². The standard InChI is InChI=1S/C19H17N3S2/c1-3-15(16-4-2-7-20-17(16)5-1)12-22-18(19-21-8-10-24-19)11-14-6-9-23-13-14/h1-10,13,18,22H,11-12H2/t18-/m0/s1. The van der Waals surface area contributed by atoms with E-state index in [1.54, 1.807) is 22.7 Å². The first-order chi connectivity index (χ1) is 11.9. The zero-order valence-electron chi connectivity index (χ0n) is 13.1. The molecular weight excluding hydrogens is 334 g/mol. The van der Waals surface area contributed by atoms with Gasteiger partial charge in [-0.3, -0.25) is 4.98 Å². The summed E-state index contributed by atoms with van der Waals surface area (Å²) in [6, 6.07) is 12.8. The molecule has 1 N–H and O–H groups in total. The number of thiazole rings is 1. The number of benzene rings is 1. The first-order valence-electron chi connectivity index (χ1n) is 7.86. The van der Waals surface area contributed by atoms with Crippen LogP contribution in [0.3, 0.4) is 0 Å². The molecule has 0 fully saturated rings. The van der Waals surface area contributed by atoms with Gasteiger partial charge in [0.25, 0.3) is 0 Å². The zero-order valence-corrected chi connectivity index (χ0v) is 14.7. The maximum Gasteiger partial charge on any atom is 0.110 e. The summed E-state index contributed by atoms with van der Waals surface area (Å²) in [5.41, 5.74) is 3.67. The van der Waals surface area contributed by atoms with E-state index < -0.39 is 0 Å². The lowest BCUT2D eigenvalue weighted by Crippen LogP contribution is -2.22. The molecule has 0 amide bonds. The van der Waals surface area contributed by atoms with Gasteiger partial charge in [-0.1, -0.05) is 18.2 Å². The average molecular weight is 352 g/mol. The lowest BCUT2D eigenvalue weighted by molar-refractivity contribution is 0.530. The number of rotatable bonds is 6. The molecule has 0 saturated carbocycles. The lowest BCUT2D eigenvalue weighted by Gasteiger charge is -2.17. The third-order valence-electron chi connectivity index (χ3n) is 4.04. The van der Waals surface area contributed by atoms with Gasteiger partial charge in [-0.15, -0.1) is 11.3 Å². The maximum atomic E-state index is 4.52. The second kappa shape index (κ2) is 7.21. The molecule has 4 aromatic rings. The van der Waals surface area contributed by atoms with Crippen molar-refractivity contribution < 1.29 is 0 Å². The summed E-state index contributed by atoms with van der Waals surface area (Å²) in [6.45, 7) is 0.803. The van der Waals surface area contributed by atoms with E-state index in [-0.39, 0.29) is 6.04 Å². The highest BCUT2D eigenvalue weighted by Crippen LogP contribution is 2.23. The first kappa shape index (κ1) is 15.4. The van der Waals surface area contributed by atoms with Crippen LogP contribution in [0.2, 0.25) is 0 Å². The molecule has 0 radical (unpaired) electrons. The molecule has 1 atom stereocenters. The highest BCUT2D eigenvalue weighted by Gasteiger charge is 2.15. The summed E-state index contributed by atoms with van der Waals surface area (Å²) in [7, 11) is 0. The summed E-state index contributed by atoms with van der Waals surface area (Å²) in [5.74, 6) is 0. The summed E-state index contributed by atoms with van der Waals surface area (Å²) in [5, 5.41) is 12.4. The van der Waals surface area contributed by atoms with E-state index in [4.69, 9.17) is 0 Å². The number of nitrogens with one attached hydrogen (secondary N) is 1. The van der Waals surface area contributed by atoms with Crippen LogP contribution < -0.4 is 5.32 Å². The highest BCUT2D eigenvalue weighted by molar-refractivity contribution is 7.09. The number of thiophene rings is 1. The van der Waals surface area contributed by atoms with Gasteiger partial charge < -0.3 is 5.32 Å². The Bertz CT molecular complexity index is 896. The predicted octanol–water partition coefficient (Wildman–Crippen LogP) is 4.83. The van der Waals surface area contributed by atoms with E-state index in [0.29, 0.717) is 0 Å². The molecule has 3 heterocycles. The van der Waals surface area contributed by atoms with Gasteiger partial charge in [0.2, 0.25) is 0 Å². The molecule has 1 aromatic carbocycles. The number of nitrogens with zero attached hydrogens (tertiary/aromatic N) is 2. The minimum atomic E-state index is 0.228. The van der Waals surface area contributed by atoms with Gasteiger partial charge in [-0.2, -0.15) is 11.3 Å². The van der Waals surface area contributed by atoms with Gasteiger partial charge in [0.1, 0.15) is 5.01 Å². The Morgan fingerprint density at radius 1 is 1.00 bits per heavy atom. The van der Waals surface area contributed by atoms with Crippen molar-refractivity contribution in [3.8, 4) is 0 Å². The molecule has 5 heteroatoms. The van der Waals surface area contributed by atoms with Crippen molar-refractivity contribution in [1.29, 1.82) is 0 Å². The van der Waals surface area contributed by atoms with Gasteiger partial charge >= 0.3 is 0 Å². The Hall–Kier alpha value is -2.08. The molecule has 0 aliphatic carbocycles. The molecule has 0 bridgehead atoms. The van der Waals surface area contributed by atoms with E-state index in [0.717, 1.165) is 23.5 Å². The fourth-order valence-corrected chi connectivity index (χ4v) is 4.25. The van der Waals surface area contributed by atoms with Crippen LogP contribution in [0.25, 0.3) is 10.9 Å². The van der Waals surface area contributed by atoms with Gasteiger partial charge in [-0.25, -0.2) is 4.98 Å². The monoisotopic (exact) mass is 351 g/mol. The number of aromatic nitrogens is 2. The summed E-state index contributed by atoms with van der Waals surface area (Å²) in [4.78, 5) is 8.96. The Balaban J connectivity index is 1.56. The van der Waals surface area contributed by atoms with Crippen LogP contribution in [-0.4, -0.2) is 9.97 Å². The molecule has 0 unspecified atom stereocenters. The lowest BCUT2D eigenvalue weighted by atomic mass is 10.1. The molecule has 0 aliphatic rings. The number of pyridine rings is 1. The molecule has 3 aromatic heterocycles. The fraction of sp³-hybridized carbons (Fsp3) is 0.158. The van der Waals surface area contributed by atoms with Crippen molar-refractivity contribution in [1.82, 2.24) is 15.3 Å². The van der Waals surface area contributed by atoms with Crippen molar-refractivity contribution in [3.05, 3.63) is 81.1 Å². The minimum absolute atomic E-state index is 0.228. The number of hydrogen-bond donors (Lipinski definition) is 1. The average Bonchev–Trinajstić information content (AvgIpc) is 3.32. The Kier molecular flexibility index (Phi) is 4.64. The van der Waals surface area contributed by atoms with Crippen molar-refractivity contribution in [3.63, 3.8) is 0 Å². The smallest absolute Gasteiger partial charge is 0.110 e. The van der Waals surface area contributed by atoms with Crippen molar-refractivity contribution in [2.24, 2.45) is 0 Å². The van der Waals surface area contributed by atoms with Crippen LogP contribution in [0.15, 0.2) is 64.9 Å². The van der Waals surface area contributed by atoms with Crippen molar-refractivity contribution in [2.45, 2.75) is 19.0 Å². The molecule has 120 valence electrons. The SMILES string of the molecule is c1cc(CN[C@@H](Cc2ccsc2)c2nccs2)c2cccnc2c1. The second-order valence-electron chi connectivity index (χ2n) is 5.63. The van der Waals surface area contributed by atoms with Crippen LogP contribution in [0, 0.1) is 0 Å². The molecule has 0 spiro atoms. The summed E-state index contributed by atoms with van der Waals surface area (Å²) >= 11 is 3.45. The van der Waals surface area contributed by atoms with Crippen molar-refractivity contribution >= 4 is 33.6 Å². The van der Waals surface area contributed by atoms with E-state index in [1.807, 2.05) is 23.8 Å². The van der Waals surface area contributed by atoms with Crippen LogP contribution >= 0.6 is 22.7 Å². The van der Waals surface area contributed by atoms with E-state index in [9.17, 15) is 0 Å². The van der Waals surface area contributed by atoms with Gasteiger partial charge in [-0.05, 0) is 46.5 Å². The Labute approximate surface area is 149 Å². The van der Waals surface area contributed by atoms with Gasteiger partial charge in [0.15, 0.2) is 0 Å². The third-order valence-corrected chi connectivity index (χ3v) is 5.67. The van der Waals surface area contributed by atoms with E-state index in [2.05, 4.69) is 56.4 Å². The molecule has 24 heavy (non-hydrogen) atoms. The largest absolute Gasteiger partial charge is 0.304 e. The Morgan fingerprint density at radius 2 is 2.00 bits per heavy atom. The minimum Gasteiger partial charge on any atom is -0.304 e. The molecule has 0 aliphatic heterocycles. The Morgan fingerprint density at radius 3 is 2.83 bits per heavy atom. The molecule has 0 saturated heterocycles. The van der Waals surface area contributed by atoms with E-state index >= 15 is 0 Å². The van der Waals surface area contributed by atoms with E-state index in [1.165, 1.54) is 16.5 Å². The van der Waals surface area contributed by atoms with Crippen molar-refractivity contribution in [2.75, 3.05) is 0 Å². The molecule has 4 rings (SSSR count). The third kappa shape index (κ3) is 3.38. The quantitative estimate of drug-likeness (QED) is 0.541. The summed E-state index contributed by atoms with van der Waals surface area (Å²) in [6.07, 6.45) is 4.68. The molecule has 3 nitrogen and oxygen atoms in total. The van der Waals surface area contributed by atoms with Gasteiger partial charge in [0.05, 0.1) is 11.6 Å². The fourth-order valence-electron chi connectivity index (χ4n) is 2.85. The molecular formula is C19H17N3S2.